The van der Waals surface area contributed by atoms with E-state index in [0.717, 1.165) is 15.6 Å². The number of aryl methyl sites for hydroxylation is 1. The van der Waals surface area contributed by atoms with E-state index in [4.69, 9.17) is 16.3 Å². The summed E-state index contributed by atoms with van der Waals surface area (Å²) in [5, 5.41) is 3.26. The Morgan fingerprint density at radius 2 is 1.87 bits per heavy atom. The summed E-state index contributed by atoms with van der Waals surface area (Å²) in [6.45, 7) is 8.28. The van der Waals surface area contributed by atoms with Crippen molar-refractivity contribution in [2.24, 2.45) is 0 Å². The number of carbonyl (C=O) groups excluding carboxylic acids is 1. The Hall–Kier alpha value is -1.52. The van der Waals surface area contributed by atoms with Crippen LogP contribution < -0.4 is 10.1 Å². The van der Waals surface area contributed by atoms with E-state index in [2.05, 4.69) is 42.0 Å². The highest BCUT2D eigenvalue weighted by atomic mass is 79.9. The highest BCUT2D eigenvalue weighted by Crippen LogP contribution is 2.31. The van der Waals surface area contributed by atoms with E-state index in [-0.39, 0.29) is 5.41 Å². The molecule has 23 heavy (non-hydrogen) atoms. The van der Waals surface area contributed by atoms with Gasteiger partial charge in [0.05, 0.1) is 4.47 Å². The average Bonchev–Trinajstić information content (AvgIpc) is 2.44. The molecule has 0 unspecified atom stereocenters. The van der Waals surface area contributed by atoms with Gasteiger partial charge in [-0.2, -0.15) is 0 Å². The number of hydrogen-bond acceptors (Lipinski definition) is 2. The topological polar surface area (TPSA) is 38.3 Å². The van der Waals surface area contributed by atoms with E-state index in [1.165, 1.54) is 0 Å². The van der Waals surface area contributed by atoms with Gasteiger partial charge in [0.1, 0.15) is 5.75 Å². The van der Waals surface area contributed by atoms with Crippen molar-refractivity contribution >= 4 is 39.3 Å². The van der Waals surface area contributed by atoms with Crippen LogP contribution in [0.3, 0.4) is 0 Å². The number of rotatable bonds is 2. The third kappa shape index (κ3) is 4.72. The molecule has 0 atom stereocenters. The summed E-state index contributed by atoms with van der Waals surface area (Å²) in [7, 11) is 0. The lowest BCUT2D eigenvalue weighted by molar-refractivity contribution is 0.215. The quantitative estimate of drug-likeness (QED) is 0.645. The molecule has 0 aliphatic heterocycles. The van der Waals surface area contributed by atoms with Gasteiger partial charge in [0.25, 0.3) is 0 Å². The van der Waals surface area contributed by atoms with Crippen LogP contribution in [0.15, 0.2) is 40.9 Å². The Balaban J connectivity index is 2.13. The van der Waals surface area contributed by atoms with Crippen LogP contribution in [0.5, 0.6) is 5.75 Å². The van der Waals surface area contributed by atoms with Crippen molar-refractivity contribution in [2.75, 3.05) is 5.32 Å². The van der Waals surface area contributed by atoms with Crippen molar-refractivity contribution in [2.45, 2.75) is 33.1 Å². The van der Waals surface area contributed by atoms with Crippen molar-refractivity contribution in [3.8, 4) is 5.75 Å². The zero-order valence-electron chi connectivity index (χ0n) is 13.5. The Labute approximate surface area is 150 Å². The second-order valence-corrected chi connectivity index (χ2v) is 7.66. The lowest BCUT2D eigenvalue weighted by Gasteiger charge is -2.20. The molecule has 1 amide bonds. The summed E-state index contributed by atoms with van der Waals surface area (Å²) < 4.78 is 6.11. The molecule has 1 N–H and O–H groups in total. The number of nitrogens with one attached hydrogen (secondary N) is 1. The van der Waals surface area contributed by atoms with Gasteiger partial charge in [0, 0.05) is 10.7 Å². The number of amides is 1. The first-order valence-corrected chi connectivity index (χ1v) is 8.39. The van der Waals surface area contributed by atoms with E-state index >= 15 is 0 Å². The molecule has 0 bridgehead atoms. The van der Waals surface area contributed by atoms with E-state index < -0.39 is 6.09 Å². The number of halogens is 2. The van der Waals surface area contributed by atoms with Crippen molar-refractivity contribution in [3.63, 3.8) is 0 Å². The minimum Gasteiger partial charge on any atom is -0.409 e. The maximum atomic E-state index is 12.1. The molecule has 2 aromatic carbocycles. The Morgan fingerprint density at radius 3 is 2.48 bits per heavy atom. The molecular formula is C18H19BrClNO2. The monoisotopic (exact) mass is 395 g/mol. The maximum absolute atomic E-state index is 12.1. The van der Waals surface area contributed by atoms with Crippen molar-refractivity contribution in [1.82, 2.24) is 0 Å². The highest BCUT2D eigenvalue weighted by molar-refractivity contribution is 9.10. The van der Waals surface area contributed by atoms with E-state index in [0.29, 0.717) is 16.5 Å². The van der Waals surface area contributed by atoms with Crippen molar-refractivity contribution in [1.29, 1.82) is 0 Å². The van der Waals surface area contributed by atoms with Gasteiger partial charge in [-0.05, 0) is 63.7 Å². The largest absolute Gasteiger partial charge is 0.417 e. The summed E-state index contributed by atoms with van der Waals surface area (Å²) in [5.74, 6) is 0.468. The molecule has 0 saturated heterocycles. The summed E-state index contributed by atoms with van der Waals surface area (Å²) in [5.41, 5.74) is 2.72. The SMILES string of the molecule is Cc1ccc(Cl)cc1NC(=O)Oc1ccc(C(C)(C)C)cc1Br. The minimum absolute atomic E-state index is 0.0290. The van der Waals surface area contributed by atoms with Gasteiger partial charge in [0.15, 0.2) is 0 Å². The second-order valence-electron chi connectivity index (χ2n) is 6.37. The molecule has 5 heteroatoms. The number of ether oxygens (including phenoxy) is 1. The van der Waals surface area contributed by atoms with Crippen LogP contribution in [-0.4, -0.2) is 6.09 Å². The van der Waals surface area contributed by atoms with Crippen LogP contribution in [-0.2, 0) is 5.41 Å². The predicted molar refractivity (Wildman–Crippen MR) is 98.7 cm³/mol. The Morgan fingerprint density at radius 1 is 1.17 bits per heavy atom. The molecule has 0 fully saturated rings. The summed E-state index contributed by atoms with van der Waals surface area (Å²) in [6, 6.07) is 11.0. The van der Waals surface area contributed by atoms with Gasteiger partial charge < -0.3 is 4.74 Å². The van der Waals surface area contributed by atoms with Crippen LogP contribution >= 0.6 is 27.5 Å². The zero-order chi connectivity index (χ0) is 17.2. The molecular weight excluding hydrogens is 378 g/mol. The van der Waals surface area contributed by atoms with Crippen LogP contribution in [0, 0.1) is 6.92 Å². The van der Waals surface area contributed by atoms with Crippen molar-refractivity contribution in [3.05, 3.63) is 57.0 Å². The summed E-state index contributed by atoms with van der Waals surface area (Å²) >= 11 is 9.40. The first-order valence-electron chi connectivity index (χ1n) is 7.22. The number of carbonyl (C=O) groups is 1. The maximum Gasteiger partial charge on any atom is 0.417 e. The van der Waals surface area contributed by atoms with Crippen LogP contribution in [0.1, 0.15) is 31.9 Å². The van der Waals surface area contributed by atoms with Gasteiger partial charge in [-0.3, -0.25) is 5.32 Å². The molecule has 0 saturated carbocycles. The predicted octanol–water partition coefficient (Wildman–Crippen LogP) is 6.32. The minimum atomic E-state index is -0.556. The molecule has 0 aromatic heterocycles. The van der Waals surface area contributed by atoms with Gasteiger partial charge in [-0.15, -0.1) is 0 Å². The molecule has 3 nitrogen and oxygen atoms in total. The molecule has 0 aliphatic rings. The van der Waals surface area contributed by atoms with Gasteiger partial charge in [0.2, 0.25) is 0 Å². The second kappa shape index (κ2) is 6.93. The van der Waals surface area contributed by atoms with E-state index in [1.807, 2.05) is 25.1 Å². The summed E-state index contributed by atoms with van der Waals surface area (Å²) in [4.78, 5) is 12.1. The first-order chi connectivity index (χ1) is 10.7. The zero-order valence-corrected chi connectivity index (χ0v) is 15.9. The smallest absolute Gasteiger partial charge is 0.409 e. The Bertz CT molecular complexity index is 738. The van der Waals surface area contributed by atoms with Crippen LogP contribution in [0.2, 0.25) is 5.02 Å². The fraction of sp³-hybridized carbons (Fsp3) is 0.278. The molecule has 0 heterocycles. The number of hydrogen-bond donors (Lipinski definition) is 1. The average molecular weight is 397 g/mol. The van der Waals surface area contributed by atoms with Crippen LogP contribution in [0.4, 0.5) is 10.5 Å². The van der Waals surface area contributed by atoms with Gasteiger partial charge in [-0.1, -0.05) is 44.5 Å². The fourth-order valence-electron chi connectivity index (χ4n) is 2.01. The van der Waals surface area contributed by atoms with E-state index in [9.17, 15) is 4.79 Å². The molecule has 122 valence electrons. The van der Waals surface area contributed by atoms with Crippen molar-refractivity contribution < 1.29 is 9.53 Å². The standard InChI is InChI=1S/C18H19BrClNO2/c1-11-5-7-13(20)10-15(11)21-17(22)23-16-8-6-12(9-14(16)19)18(2,3)4/h5-10H,1-4H3,(H,21,22). The highest BCUT2D eigenvalue weighted by Gasteiger charge is 2.16. The van der Waals surface area contributed by atoms with E-state index in [1.54, 1.807) is 18.2 Å². The molecule has 2 aromatic rings. The lowest BCUT2D eigenvalue weighted by atomic mass is 9.87. The van der Waals surface area contributed by atoms with Gasteiger partial charge in [-0.25, -0.2) is 4.79 Å². The number of anilines is 1. The lowest BCUT2D eigenvalue weighted by Crippen LogP contribution is -2.18. The van der Waals surface area contributed by atoms with Gasteiger partial charge >= 0.3 is 6.09 Å². The molecule has 0 aliphatic carbocycles. The molecule has 0 spiro atoms. The van der Waals surface area contributed by atoms with Crippen LogP contribution in [0.25, 0.3) is 0 Å². The summed E-state index contributed by atoms with van der Waals surface area (Å²) in [6.07, 6.45) is -0.556. The normalized spacial score (nSPS) is 11.2. The molecule has 2 rings (SSSR count). The molecule has 0 radical (unpaired) electrons. The third-order valence-electron chi connectivity index (χ3n) is 3.44. The third-order valence-corrected chi connectivity index (χ3v) is 4.29. The first kappa shape index (κ1) is 17.8. The Kier molecular flexibility index (Phi) is 5.37. The number of benzene rings is 2. The fourth-order valence-corrected chi connectivity index (χ4v) is 2.65.